The van der Waals surface area contributed by atoms with E-state index < -0.39 is 0 Å². The predicted molar refractivity (Wildman–Crippen MR) is 119 cm³/mol. The van der Waals surface area contributed by atoms with Gasteiger partial charge in [-0.25, -0.2) is 0 Å². The number of carbonyl (C=O) groups is 2. The Bertz CT molecular complexity index is 888. The number of anilines is 1. The second-order valence-electron chi connectivity index (χ2n) is 8.45. The van der Waals surface area contributed by atoms with E-state index in [1.54, 1.807) is 0 Å². The maximum Gasteiger partial charge on any atom is 0.251 e. The van der Waals surface area contributed by atoms with Crippen molar-refractivity contribution in [2.75, 3.05) is 24.5 Å². The van der Waals surface area contributed by atoms with Crippen molar-refractivity contribution in [2.45, 2.75) is 51.6 Å². The van der Waals surface area contributed by atoms with Gasteiger partial charge in [-0.3, -0.25) is 9.59 Å². The topological polar surface area (TPSA) is 52.7 Å². The zero-order valence-electron chi connectivity index (χ0n) is 17.8. The van der Waals surface area contributed by atoms with E-state index in [-0.39, 0.29) is 17.9 Å². The molecule has 0 aromatic heterocycles. The van der Waals surface area contributed by atoms with Gasteiger partial charge in [-0.1, -0.05) is 24.3 Å². The molecule has 0 unspecified atom stereocenters. The molecule has 2 fully saturated rings. The molecule has 1 N–H and O–H groups in total. The summed E-state index contributed by atoms with van der Waals surface area (Å²) in [6.07, 6.45) is 5.41. The Morgan fingerprint density at radius 1 is 1.00 bits per heavy atom. The lowest BCUT2D eigenvalue weighted by Gasteiger charge is -2.29. The highest BCUT2D eigenvalue weighted by atomic mass is 16.2. The number of likely N-dealkylation sites (tertiary alicyclic amines) is 1. The van der Waals surface area contributed by atoms with Gasteiger partial charge in [0, 0.05) is 43.9 Å². The highest BCUT2D eigenvalue weighted by Gasteiger charge is 2.20. The van der Waals surface area contributed by atoms with E-state index in [0.717, 1.165) is 37.2 Å². The molecule has 2 heterocycles. The fourth-order valence-electron chi connectivity index (χ4n) is 4.39. The van der Waals surface area contributed by atoms with Crippen LogP contribution in [0.1, 0.15) is 66.6 Å². The third-order valence-electron chi connectivity index (χ3n) is 6.20. The molecule has 5 heteroatoms. The van der Waals surface area contributed by atoms with Crippen molar-refractivity contribution in [3.05, 3.63) is 65.2 Å². The van der Waals surface area contributed by atoms with Crippen molar-refractivity contribution in [3.8, 4) is 0 Å². The Hall–Kier alpha value is -2.82. The van der Waals surface area contributed by atoms with Gasteiger partial charge in [0.2, 0.25) is 5.91 Å². The number of amides is 2. The summed E-state index contributed by atoms with van der Waals surface area (Å²) < 4.78 is 0. The van der Waals surface area contributed by atoms with Gasteiger partial charge in [0.05, 0.1) is 6.04 Å². The van der Waals surface area contributed by atoms with Crippen LogP contribution in [0.4, 0.5) is 5.69 Å². The van der Waals surface area contributed by atoms with Crippen molar-refractivity contribution < 1.29 is 9.59 Å². The number of benzene rings is 2. The minimum Gasteiger partial charge on any atom is -0.372 e. The lowest BCUT2D eigenvalue weighted by molar-refractivity contribution is -0.128. The third-order valence-corrected chi connectivity index (χ3v) is 6.20. The average Bonchev–Trinajstić information content (AvgIpc) is 3.19. The molecule has 2 aromatic rings. The van der Waals surface area contributed by atoms with Crippen molar-refractivity contribution in [1.82, 2.24) is 10.2 Å². The molecule has 0 saturated carbocycles. The second-order valence-corrected chi connectivity index (χ2v) is 8.45. The van der Waals surface area contributed by atoms with Crippen LogP contribution in [0.15, 0.2) is 48.5 Å². The minimum atomic E-state index is -0.0859. The Morgan fingerprint density at radius 3 is 2.47 bits per heavy atom. The number of hydrogen-bond acceptors (Lipinski definition) is 3. The molecule has 2 aromatic carbocycles. The van der Waals surface area contributed by atoms with Crippen molar-refractivity contribution in [2.24, 2.45) is 0 Å². The summed E-state index contributed by atoms with van der Waals surface area (Å²) in [4.78, 5) is 29.0. The molecule has 2 saturated heterocycles. The van der Waals surface area contributed by atoms with E-state index in [2.05, 4.69) is 34.5 Å². The van der Waals surface area contributed by atoms with E-state index in [4.69, 9.17) is 0 Å². The van der Waals surface area contributed by atoms with Crippen LogP contribution in [0.2, 0.25) is 0 Å². The van der Waals surface area contributed by atoms with Gasteiger partial charge < -0.3 is 15.1 Å². The zero-order chi connectivity index (χ0) is 20.9. The summed E-state index contributed by atoms with van der Waals surface area (Å²) in [5.74, 6) is 0.115. The largest absolute Gasteiger partial charge is 0.372 e. The normalized spacial score (nSPS) is 17.8. The zero-order valence-corrected chi connectivity index (χ0v) is 17.8. The molecule has 0 aliphatic carbocycles. The van der Waals surface area contributed by atoms with Gasteiger partial charge in [0.1, 0.15) is 0 Å². The van der Waals surface area contributed by atoms with Crippen LogP contribution in [0.3, 0.4) is 0 Å². The molecule has 4 rings (SSSR count). The van der Waals surface area contributed by atoms with Crippen LogP contribution >= 0.6 is 0 Å². The highest BCUT2D eigenvalue weighted by Crippen LogP contribution is 2.23. The summed E-state index contributed by atoms with van der Waals surface area (Å²) in [5.41, 5.74) is 4.00. The monoisotopic (exact) mass is 405 g/mol. The number of piperidine rings is 1. The van der Waals surface area contributed by atoms with Crippen LogP contribution < -0.4 is 10.2 Å². The molecular weight excluding hydrogens is 374 g/mol. The molecule has 2 aliphatic rings. The molecule has 0 radical (unpaired) electrons. The summed E-state index contributed by atoms with van der Waals surface area (Å²) >= 11 is 0. The summed E-state index contributed by atoms with van der Waals surface area (Å²) in [6, 6.07) is 16.1. The fraction of sp³-hybridized carbons (Fsp3) is 0.440. The molecule has 30 heavy (non-hydrogen) atoms. The number of hydrogen-bond donors (Lipinski definition) is 1. The van der Waals surface area contributed by atoms with E-state index >= 15 is 0 Å². The molecule has 2 amide bonds. The Morgan fingerprint density at radius 2 is 1.77 bits per heavy atom. The number of nitrogens with one attached hydrogen (secondary N) is 1. The lowest BCUT2D eigenvalue weighted by atomic mass is 10.0. The van der Waals surface area contributed by atoms with Gasteiger partial charge >= 0.3 is 0 Å². The van der Waals surface area contributed by atoms with E-state index in [1.165, 1.54) is 24.9 Å². The van der Waals surface area contributed by atoms with Crippen LogP contribution in [0.25, 0.3) is 0 Å². The number of rotatable bonds is 6. The molecule has 5 nitrogen and oxygen atoms in total. The van der Waals surface area contributed by atoms with Crippen LogP contribution in [-0.4, -0.2) is 36.3 Å². The lowest BCUT2D eigenvalue weighted by Crippen LogP contribution is -2.29. The smallest absolute Gasteiger partial charge is 0.251 e. The van der Waals surface area contributed by atoms with Crippen molar-refractivity contribution >= 4 is 17.5 Å². The van der Waals surface area contributed by atoms with Gasteiger partial charge in [-0.05, 0) is 68.0 Å². The van der Waals surface area contributed by atoms with E-state index in [9.17, 15) is 9.59 Å². The standard InChI is InChI=1S/C25H31N3O2/c1-19(21-10-12-23(13-11-21)27-14-3-2-4-15-27)26-25(30)22-8-5-7-20(17-22)18-28-16-6-9-24(28)29/h5,7-8,10-13,17,19H,2-4,6,9,14-16,18H2,1H3,(H,26,30)/t19-/m0/s1. The Kier molecular flexibility index (Phi) is 6.36. The molecule has 158 valence electrons. The van der Waals surface area contributed by atoms with Gasteiger partial charge in [-0.2, -0.15) is 0 Å². The minimum absolute atomic E-state index is 0.0725. The van der Waals surface area contributed by atoms with Crippen molar-refractivity contribution in [3.63, 3.8) is 0 Å². The molecule has 0 bridgehead atoms. The number of nitrogens with zero attached hydrogens (tertiary/aromatic N) is 2. The van der Waals surface area contributed by atoms with Crippen LogP contribution in [-0.2, 0) is 11.3 Å². The van der Waals surface area contributed by atoms with Gasteiger partial charge in [0.25, 0.3) is 5.91 Å². The first-order valence-electron chi connectivity index (χ1n) is 11.1. The summed E-state index contributed by atoms with van der Waals surface area (Å²) in [6.45, 7) is 5.66. The predicted octanol–water partition coefficient (Wildman–Crippen LogP) is 4.29. The maximum absolute atomic E-state index is 12.8. The molecule has 1 atom stereocenters. The highest BCUT2D eigenvalue weighted by molar-refractivity contribution is 5.94. The van der Waals surface area contributed by atoms with E-state index in [0.29, 0.717) is 18.5 Å². The molecular formula is C25H31N3O2. The van der Waals surface area contributed by atoms with Crippen LogP contribution in [0, 0.1) is 0 Å². The fourth-order valence-corrected chi connectivity index (χ4v) is 4.39. The average molecular weight is 406 g/mol. The van der Waals surface area contributed by atoms with Crippen molar-refractivity contribution in [1.29, 1.82) is 0 Å². The third kappa shape index (κ3) is 4.84. The number of carbonyl (C=O) groups excluding carboxylic acids is 2. The first-order valence-corrected chi connectivity index (χ1v) is 11.1. The summed E-state index contributed by atoms with van der Waals surface area (Å²) in [5, 5.41) is 3.11. The first kappa shape index (κ1) is 20.5. The Balaban J connectivity index is 1.37. The maximum atomic E-state index is 12.8. The molecule has 0 spiro atoms. The second kappa shape index (κ2) is 9.33. The molecule has 2 aliphatic heterocycles. The van der Waals surface area contributed by atoms with E-state index in [1.807, 2.05) is 36.1 Å². The first-order chi connectivity index (χ1) is 14.6. The summed E-state index contributed by atoms with van der Waals surface area (Å²) in [7, 11) is 0. The quantitative estimate of drug-likeness (QED) is 0.780. The Labute approximate surface area is 179 Å². The van der Waals surface area contributed by atoms with Gasteiger partial charge in [-0.15, -0.1) is 0 Å². The van der Waals surface area contributed by atoms with Crippen LogP contribution in [0.5, 0.6) is 0 Å². The SMILES string of the molecule is C[C@H](NC(=O)c1cccc(CN2CCCC2=O)c1)c1ccc(N2CCCCC2)cc1. The van der Waals surface area contributed by atoms with Gasteiger partial charge in [0.15, 0.2) is 0 Å².